The molecule has 0 aromatic rings. The van der Waals surface area contributed by atoms with Gasteiger partial charge in [0.1, 0.15) is 0 Å². The highest BCUT2D eigenvalue weighted by Gasteiger charge is 2.50. The molecule has 0 heterocycles. The predicted octanol–water partition coefficient (Wildman–Crippen LogP) is 2.61. The molecule has 0 aromatic heterocycles. The van der Waals surface area contributed by atoms with Crippen LogP contribution in [-0.4, -0.2) is 36.1 Å². The van der Waals surface area contributed by atoms with E-state index in [1.165, 1.54) is 44.9 Å². The number of carboxylic acid groups (broad SMARTS) is 1. The van der Waals surface area contributed by atoms with Crippen LogP contribution < -0.4 is 0 Å². The highest BCUT2D eigenvalue weighted by Crippen LogP contribution is 2.61. The smallest absolute Gasteiger partial charge is 0.317 e. The Labute approximate surface area is 110 Å². The second-order valence-electron chi connectivity index (χ2n) is 7.30. The molecule has 0 radical (unpaired) electrons. The van der Waals surface area contributed by atoms with Gasteiger partial charge in [0.25, 0.3) is 0 Å². The van der Waals surface area contributed by atoms with Gasteiger partial charge in [0.15, 0.2) is 0 Å². The van der Waals surface area contributed by atoms with E-state index in [0.29, 0.717) is 5.41 Å². The Hall–Kier alpha value is -0.570. The lowest BCUT2D eigenvalue weighted by Gasteiger charge is -2.57. The maximum Gasteiger partial charge on any atom is 0.317 e. The molecule has 0 aliphatic heterocycles. The number of rotatable bonds is 5. The van der Waals surface area contributed by atoms with Gasteiger partial charge in [0, 0.05) is 0 Å². The van der Waals surface area contributed by atoms with Crippen LogP contribution in [0.4, 0.5) is 0 Å². The van der Waals surface area contributed by atoms with Gasteiger partial charge in [0.05, 0.1) is 6.54 Å². The summed E-state index contributed by atoms with van der Waals surface area (Å²) in [5.41, 5.74) is 0.585. The third kappa shape index (κ3) is 2.42. The van der Waals surface area contributed by atoms with Crippen molar-refractivity contribution in [2.45, 2.75) is 44.9 Å². The first-order valence-electron chi connectivity index (χ1n) is 7.45. The van der Waals surface area contributed by atoms with E-state index in [4.69, 9.17) is 5.11 Å². The van der Waals surface area contributed by atoms with Gasteiger partial charge >= 0.3 is 5.97 Å². The molecule has 4 rings (SSSR count). The van der Waals surface area contributed by atoms with E-state index >= 15 is 0 Å². The molecule has 4 aliphatic rings. The number of hydrogen-bond acceptors (Lipinski definition) is 2. The van der Waals surface area contributed by atoms with Gasteiger partial charge in [-0.25, -0.2) is 0 Å². The van der Waals surface area contributed by atoms with Gasteiger partial charge in [-0.1, -0.05) is 0 Å². The molecule has 0 aromatic carbocycles. The van der Waals surface area contributed by atoms with Gasteiger partial charge in [-0.05, 0) is 81.7 Å². The maximum absolute atomic E-state index is 10.7. The van der Waals surface area contributed by atoms with E-state index in [1.54, 1.807) is 0 Å². The van der Waals surface area contributed by atoms with Crippen molar-refractivity contribution in [3.63, 3.8) is 0 Å². The monoisotopic (exact) mass is 251 g/mol. The Bertz CT molecular complexity index is 304. The van der Waals surface area contributed by atoms with Crippen molar-refractivity contribution in [2.75, 3.05) is 20.1 Å². The highest BCUT2D eigenvalue weighted by atomic mass is 16.4. The summed E-state index contributed by atoms with van der Waals surface area (Å²) in [4.78, 5) is 12.7. The Morgan fingerprint density at radius 2 is 1.67 bits per heavy atom. The first kappa shape index (κ1) is 12.5. The molecule has 4 aliphatic carbocycles. The third-order valence-corrected chi connectivity index (χ3v) is 5.59. The zero-order valence-corrected chi connectivity index (χ0v) is 11.4. The number of carbonyl (C=O) groups is 1. The van der Waals surface area contributed by atoms with Crippen molar-refractivity contribution in [1.29, 1.82) is 0 Å². The standard InChI is InChI=1S/C15H25NO2/c1-16(10-14(17)18)3-2-15-7-11-4-12(8-15)6-13(5-11)9-15/h11-13H,2-10H2,1H3,(H,17,18). The number of carboxylic acids is 1. The molecule has 0 spiro atoms. The third-order valence-electron chi connectivity index (χ3n) is 5.59. The number of nitrogens with zero attached hydrogens (tertiary/aromatic N) is 1. The summed E-state index contributed by atoms with van der Waals surface area (Å²) in [6, 6.07) is 0. The van der Waals surface area contributed by atoms with Crippen LogP contribution >= 0.6 is 0 Å². The van der Waals surface area contributed by atoms with E-state index in [-0.39, 0.29) is 6.54 Å². The van der Waals surface area contributed by atoms with Crippen LogP contribution in [0, 0.1) is 23.2 Å². The SMILES string of the molecule is CN(CCC12CC3CC(CC(C3)C1)C2)CC(=O)O. The van der Waals surface area contributed by atoms with Crippen LogP contribution in [0.5, 0.6) is 0 Å². The van der Waals surface area contributed by atoms with Gasteiger partial charge in [-0.3, -0.25) is 9.69 Å². The van der Waals surface area contributed by atoms with Crippen LogP contribution in [0.1, 0.15) is 44.9 Å². The minimum atomic E-state index is -0.706. The Morgan fingerprint density at radius 3 is 2.11 bits per heavy atom. The summed E-state index contributed by atoms with van der Waals surface area (Å²) in [7, 11) is 1.94. The molecule has 4 bridgehead atoms. The Balaban J connectivity index is 1.57. The Morgan fingerprint density at radius 1 is 1.17 bits per heavy atom. The molecule has 0 amide bonds. The first-order valence-corrected chi connectivity index (χ1v) is 7.45. The largest absolute Gasteiger partial charge is 0.480 e. The van der Waals surface area contributed by atoms with Crippen molar-refractivity contribution < 1.29 is 9.90 Å². The van der Waals surface area contributed by atoms with Crippen molar-refractivity contribution in [1.82, 2.24) is 4.90 Å². The lowest BCUT2D eigenvalue weighted by molar-refractivity contribution is -0.138. The van der Waals surface area contributed by atoms with Crippen molar-refractivity contribution >= 4 is 5.97 Å². The molecule has 0 saturated heterocycles. The van der Waals surface area contributed by atoms with E-state index < -0.39 is 5.97 Å². The second kappa shape index (κ2) is 4.52. The minimum absolute atomic E-state index is 0.187. The summed E-state index contributed by atoms with van der Waals surface area (Å²) in [5.74, 6) is 2.30. The fourth-order valence-corrected chi connectivity index (χ4v) is 5.33. The number of aliphatic carboxylic acids is 1. The van der Waals surface area contributed by atoms with Crippen molar-refractivity contribution in [3.05, 3.63) is 0 Å². The fraction of sp³-hybridized carbons (Fsp3) is 0.933. The van der Waals surface area contributed by atoms with Gasteiger partial charge in [-0.2, -0.15) is 0 Å². The number of hydrogen-bond donors (Lipinski definition) is 1. The van der Waals surface area contributed by atoms with Crippen LogP contribution in [0.3, 0.4) is 0 Å². The van der Waals surface area contributed by atoms with Crippen LogP contribution in [0.2, 0.25) is 0 Å². The summed E-state index contributed by atoms with van der Waals surface area (Å²) in [6.07, 6.45) is 9.98. The summed E-state index contributed by atoms with van der Waals surface area (Å²) < 4.78 is 0. The molecule has 3 heteroatoms. The molecule has 18 heavy (non-hydrogen) atoms. The lowest BCUT2D eigenvalue weighted by Crippen LogP contribution is -2.47. The second-order valence-corrected chi connectivity index (χ2v) is 7.30. The molecule has 0 atom stereocenters. The van der Waals surface area contributed by atoms with Crippen LogP contribution in [-0.2, 0) is 4.79 Å². The van der Waals surface area contributed by atoms with E-state index in [9.17, 15) is 4.79 Å². The first-order chi connectivity index (χ1) is 8.55. The lowest BCUT2D eigenvalue weighted by atomic mass is 9.49. The van der Waals surface area contributed by atoms with E-state index in [0.717, 1.165) is 24.3 Å². The maximum atomic E-state index is 10.7. The molecule has 102 valence electrons. The zero-order valence-electron chi connectivity index (χ0n) is 11.4. The normalized spacial score (nSPS) is 41.6. The summed E-state index contributed by atoms with van der Waals surface area (Å²) in [6.45, 7) is 1.14. The average Bonchev–Trinajstić information content (AvgIpc) is 2.23. The molecular weight excluding hydrogens is 226 g/mol. The summed E-state index contributed by atoms with van der Waals surface area (Å²) in [5, 5.41) is 8.80. The molecule has 4 saturated carbocycles. The molecule has 1 N–H and O–H groups in total. The van der Waals surface area contributed by atoms with Gasteiger partial charge < -0.3 is 5.11 Å². The summed E-state index contributed by atoms with van der Waals surface area (Å²) >= 11 is 0. The van der Waals surface area contributed by atoms with Crippen molar-refractivity contribution in [3.8, 4) is 0 Å². The quantitative estimate of drug-likeness (QED) is 0.816. The minimum Gasteiger partial charge on any atom is -0.480 e. The average molecular weight is 251 g/mol. The molecule has 3 nitrogen and oxygen atoms in total. The molecular formula is C15H25NO2. The van der Waals surface area contributed by atoms with Crippen LogP contribution in [0.15, 0.2) is 0 Å². The molecule has 0 unspecified atom stereocenters. The van der Waals surface area contributed by atoms with Crippen LogP contribution in [0.25, 0.3) is 0 Å². The highest BCUT2D eigenvalue weighted by molar-refractivity contribution is 5.68. The van der Waals surface area contributed by atoms with Crippen molar-refractivity contribution in [2.24, 2.45) is 23.2 Å². The fourth-order valence-electron chi connectivity index (χ4n) is 5.33. The van der Waals surface area contributed by atoms with E-state index in [1.807, 2.05) is 11.9 Å². The topological polar surface area (TPSA) is 40.5 Å². The van der Waals surface area contributed by atoms with Gasteiger partial charge in [0.2, 0.25) is 0 Å². The Kier molecular flexibility index (Phi) is 3.13. The van der Waals surface area contributed by atoms with Gasteiger partial charge in [-0.15, -0.1) is 0 Å². The number of likely N-dealkylation sites (N-methyl/N-ethyl adjacent to an activating group) is 1. The van der Waals surface area contributed by atoms with E-state index in [2.05, 4.69) is 0 Å². The predicted molar refractivity (Wildman–Crippen MR) is 70.4 cm³/mol. The molecule has 4 fully saturated rings. The zero-order chi connectivity index (χ0) is 12.8.